The topological polar surface area (TPSA) is 235 Å². The SMILES string of the molecule is CCCOCC(=O)NC(CCCCNC(=O)CNC(=O)CNC(=O)CCC(NC(=O)CCC)C(=O)O)C(N)=O. The van der Waals surface area contributed by atoms with Crippen LogP contribution >= 0.6 is 0 Å². The molecule has 15 heteroatoms. The van der Waals surface area contributed by atoms with Crippen LogP contribution in [0.1, 0.15) is 65.2 Å². The first-order valence-corrected chi connectivity index (χ1v) is 13.0. The fraction of sp³-hybridized carbons (Fsp3) is 0.708. The van der Waals surface area contributed by atoms with Gasteiger partial charge < -0.3 is 42.2 Å². The second-order valence-corrected chi connectivity index (χ2v) is 8.72. The number of nitrogens with one attached hydrogen (secondary N) is 5. The van der Waals surface area contributed by atoms with Crippen molar-refractivity contribution in [1.29, 1.82) is 0 Å². The lowest BCUT2D eigenvalue weighted by Gasteiger charge is -2.15. The Kier molecular flexibility index (Phi) is 19.2. The summed E-state index contributed by atoms with van der Waals surface area (Å²) < 4.78 is 5.11. The molecule has 0 radical (unpaired) electrons. The lowest BCUT2D eigenvalue weighted by atomic mass is 10.1. The highest BCUT2D eigenvalue weighted by Crippen LogP contribution is 2.01. The van der Waals surface area contributed by atoms with Gasteiger partial charge in [0.2, 0.25) is 35.4 Å². The highest BCUT2D eigenvalue weighted by atomic mass is 16.5. The maximum Gasteiger partial charge on any atom is 0.326 e. The van der Waals surface area contributed by atoms with E-state index in [2.05, 4.69) is 26.6 Å². The largest absolute Gasteiger partial charge is 0.480 e. The number of hydrogen-bond donors (Lipinski definition) is 7. The molecule has 0 aromatic heterocycles. The van der Waals surface area contributed by atoms with Crippen molar-refractivity contribution < 1.29 is 43.4 Å². The molecule has 0 aromatic rings. The van der Waals surface area contributed by atoms with Gasteiger partial charge in [-0.05, 0) is 38.5 Å². The van der Waals surface area contributed by atoms with E-state index in [1.54, 1.807) is 6.92 Å². The molecule has 0 heterocycles. The van der Waals surface area contributed by atoms with E-state index in [1.165, 1.54) is 0 Å². The van der Waals surface area contributed by atoms with Crippen LogP contribution in [0.3, 0.4) is 0 Å². The van der Waals surface area contributed by atoms with E-state index >= 15 is 0 Å². The zero-order valence-electron chi connectivity index (χ0n) is 22.6. The Bertz CT molecular complexity index is 837. The average Bonchev–Trinajstić information content (AvgIpc) is 2.87. The van der Waals surface area contributed by atoms with Crippen molar-refractivity contribution in [2.24, 2.45) is 5.73 Å². The van der Waals surface area contributed by atoms with Crippen LogP contribution in [0.25, 0.3) is 0 Å². The predicted octanol–water partition coefficient (Wildman–Crippen LogP) is -1.95. The van der Waals surface area contributed by atoms with Crippen LogP contribution in [-0.4, -0.2) is 91.5 Å². The Labute approximate surface area is 227 Å². The highest BCUT2D eigenvalue weighted by molar-refractivity contribution is 5.89. The van der Waals surface area contributed by atoms with Crippen molar-refractivity contribution in [3.8, 4) is 0 Å². The first-order chi connectivity index (χ1) is 18.5. The standard InChI is InChI=1S/C24H42N6O9/c1-3-7-19(32)30-17(24(37)38)9-10-18(31)27-14-21(34)28-13-20(33)26-11-6-5-8-16(23(25)36)29-22(35)15-39-12-4-2/h16-17H,3-15H2,1-2H3,(H2,25,36)(H,26,33)(H,27,31)(H,28,34)(H,29,35)(H,30,32)(H,37,38). The van der Waals surface area contributed by atoms with E-state index in [9.17, 15) is 33.6 Å². The number of aliphatic carboxylic acids is 1. The Morgan fingerprint density at radius 2 is 1.33 bits per heavy atom. The molecule has 0 aliphatic heterocycles. The van der Waals surface area contributed by atoms with Crippen molar-refractivity contribution >= 4 is 41.4 Å². The molecule has 0 spiro atoms. The molecule has 39 heavy (non-hydrogen) atoms. The molecule has 0 saturated carbocycles. The van der Waals surface area contributed by atoms with Gasteiger partial charge in [-0.2, -0.15) is 0 Å². The van der Waals surface area contributed by atoms with Gasteiger partial charge in [0, 0.05) is 26.0 Å². The number of carbonyl (C=O) groups excluding carboxylic acids is 6. The van der Waals surface area contributed by atoms with Gasteiger partial charge in [0.05, 0.1) is 13.1 Å². The van der Waals surface area contributed by atoms with Gasteiger partial charge in [-0.3, -0.25) is 28.8 Å². The third kappa shape index (κ3) is 19.0. The van der Waals surface area contributed by atoms with Gasteiger partial charge in [-0.1, -0.05) is 13.8 Å². The van der Waals surface area contributed by atoms with Gasteiger partial charge in [-0.25, -0.2) is 4.79 Å². The molecule has 0 rings (SSSR count). The molecule has 0 fully saturated rings. The van der Waals surface area contributed by atoms with E-state index in [4.69, 9.17) is 15.6 Å². The number of rotatable bonds is 22. The van der Waals surface area contributed by atoms with Gasteiger partial charge in [0.25, 0.3) is 0 Å². The normalized spacial score (nSPS) is 11.9. The third-order valence-electron chi connectivity index (χ3n) is 5.16. The van der Waals surface area contributed by atoms with Crippen molar-refractivity contribution in [2.75, 3.05) is 32.8 Å². The molecular weight excluding hydrogens is 516 g/mol. The summed E-state index contributed by atoms with van der Waals surface area (Å²) in [7, 11) is 0. The molecular formula is C24H42N6O9. The maximum atomic E-state index is 11.9. The lowest BCUT2D eigenvalue weighted by molar-refractivity contribution is -0.142. The number of carbonyl (C=O) groups is 7. The van der Waals surface area contributed by atoms with Gasteiger partial charge >= 0.3 is 5.97 Å². The average molecular weight is 559 g/mol. The molecule has 2 unspecified atom stereocenters. The highest BCUT2D eigenvalue weighted by Gasteiger charge is 2.21. The van der Waals surface area contributed by atoms with E-state index in [0.29, 0.717) is 32.3 Å². The first-order valence-electron chi connectivity index (χ1n) is 13.0. The molecule has 0 bridgehead atoms. The van der Waals surface area contributed by atoms with E-state index < -0.39 is 60.0 Å². The minimum Gasteiger partial charge on any atom is -0.480 e. The fourth-order valence-electron chi connectivity index (χ4n) is 3.13. The first kappa shape index (κ1) is 35.2. The smallest absolute Gasteiger partial charge is 0.326 e. The zero-order chi connectivity index (χ0) is 29.6. The molecule has 0 saturated heterocycles. The van der Waals surface area contributed by atoms with E-state index in [1.807, 2.05) is 6.92 Å². The Hall–Kier alpha value is -3.75. The van der Waals surface area contributed by atoms with Crippen LogP contribution in [0.2, 0.25) is 0 Å². The number of nitrogens with two attached hydrogens (primary N) is 1. The summed E-state index contributed by atoms with van der Waals surface area (Å²) in [5.74, 6) is -4.45. The van der Waals surface area contributed by atoms with E-state index in [-0.39, 0.29) is 39.0 Å². The van der Waals surface area contributed by atoms with Crippen LogP contribution in [0, 0.1) is 0 Å². The number of ether oxygens (including phenoxy) is 1. The Balaban J connectivity index is 4.10. The van der Waals surface area contributed by atoms with E-state index in [0.717, 1.165) is 6.42 Å². The second-order valence-electron chi connectivity index (χ2n) is 8.72. The number of primary amides is 1. The number of carboxylic acids is 1. The maximum absolute atomic E-state index is 11.9. The second kappa shape index (κ2) is 21.2. The monoisotopic (exact) mass is 558 g/mol. The van der Waals surface area contributed by atoms with Crippen molar-refractivity contribution in [2.45, 2.75) is 77.3 Å². The molecule has 15 nitrogen and oxygen atoms in total. The van der Waals surface area contributed by atoms with Gasteiger partial charge in [0.15, 0.2) is 0 Å². The molecule has 0 aromatic carbocycles. The molecule has 0 aliphatic rings. The third-order valence-corrected chi connectivity index (χ3v) is 5.16. The predicted molar refractivity (Wildman–Crippen MR) is 139 cm³/mol. The quantitative estimate of drug-likeness (QED) is 0.0730. The van der Waals surface area contributed by atoms with Crippen LogP contribution in [0.4, 0.5) is 0 Å². The number of unbranched alkanes of at least 4 members (excludes halogenated alkanes) is 1. The summed E-state index contributed by atoms with van der Waals surface area (Å²) in [6.45, 7) is 3.49. The molecule has 0 aliphatic carbocycles. The molecule has 222 valence electrons. The van der Waals surface area contributed by atoms with Crippen LogP contribution in [0.15, 0.2) is 0 Å². The number of amides is 6. The molecule has 8 N–H and O–H groups in total. The fourth-order valence-corrected chi connectivity index (χ4v) is 3.13. The van der Waals surface area contributed by atoms with Gasteiger partial charge in [-0.15, -0.1) is 0 Å². The zero-order valence-corrected chi connectivity index (χ0v) is 22.6. The molecule has 6 amide bonds. The summed E-state index contributed by atoms with van der Waals surface area (Å²) in [4.78, 5) is 81.7. The number of hydrogen-bond acceptors (Lipinski definition) is 8. The molecule has 2 atom stereocenters. The van der Waals surface area contributed by atoms with Crippen LogP contribution in [0.5, 0.6) is 0 Å². The lowest BCUT2D eigenvalue weighted by Crippen LogP contribution is -2.45. The Morgan fingerprint density at radius 3 is 1.92 bits per heavy atom. The van der Waals surface area contributed by atoms with Gasteiger partial charge in [0.1, 0.15) is 18.7 Å². The van der Waals surface area contributed by atoms with Crippen molar-refractivity contribution in [3.63, 3.8) is 0 Å². The van der Waals surface area contributed by atoms with Crippen LogP contribution < -0.4 is 32.3 Å². The summed E-state index contributed by atoms with van der Waals surface area (Å²) in [6, 6.07) is -2.05. The Morgan fingerprint density at radius 1 is 0.718 bits per heavy atom. The summed E-state index contributed by atoms with van der Waals surface area (Å²) in [5.41, 5.74) is 5.31. The van der Waals surface area contributed by atoms with Crippen molar-refractivity contribution in [1.82, 2.24) is 26.6 Å². The minimum absolute atomic E-state index is 0.138. The summed E-state index contributed by atoms with van der Waals surface area (Å²) >= 11 is 0. The van der Waals surface area contributed by atoms with Crippen molar-refractivity contribution in [3.05, 3.63) is 0 Å². The minimum atomic E-state index is -1.26. The number of carboxylic acid groups (broad SMARTS) is 1. The summed E-state index contributed by atoms with van der Waals surface area (Å²) in [6.07, 6.45) is 2.42. The van der Waals surface area contributed by atoms with Crippen LogP contribution in [-0.2, 0) is 38.3 Å². The summed E-state index contributed by atoms with van der Waals surface area (Å²) in [5, 5.41) is 21.3.